The van der Waals surface area contributed by atoms with Crippen molar-refractivity contribution in [2.24, 2.45) is 29.6 Å². The molecule has 0 radical (unpaired) electrons. The third kappa shape index (κ3) is 10.4. The fraction of sp³-hybridized carbons (Fsp3) is 0.955. The summed E-state index contributed by atoms with van der Waals surface area (Å²) in [6.45, 7) is 20.7. The Labute approximate surface area is 358 Å². The number of hydrogen-bond acceptors (Lipinski definition) is 16. The van der Waals surface area contributed by atoms with E-state index >= 15 is 0 Å². The Balaban J connectivity index is 1.55. The molecule has 3 N–H and O–H groups in total. The first-order valence-electron chi connectivity index (χ1n) is 22.3. The lowest BCUT2D eigenvalue weighted by Crippen LogP contribution is -2.61. The van der Waals surface area contributed by atoms with Gasteiger partial charge in [-0.1, -0.05) is 27.7 Å². The van der Waals surface area contributed by atoms with Gasteiger partial charge in [0.1, 0.15) is 29.7 Å². The van der Waals surface area contributed by atoms with Gasteiger partial charge in [-0.15, -0.1) is 0 Å². The van der Waals surface area contributed by atoms with Crippen molar-refractivity contribution >= 4 is 11.8 Å². The number of likely N-dealkylation sites (N-methyl/N-ethyl adjacent to an activating group) is 1. The number of nitrogens with zero attached hydrogens (tertiary/aromatic N) is 2. The Bertz CT molecular complexity index is 1420. The summed E-state index contributed by atoms with van der Waals surface area (Å²) in [7, 11) is 7.13. The van der Waals surface area contributed by atoms with Gasteiger partial charge in [-0.05, 0) is 68.0 Å². The van der Waals surface area contributed by atoms with Gasteiger partial charge >= 0.3 is 5.97 Å². The highest BCUT2D eigenvalue weighted by atomic mass is 16.7. The molecular formula is C44H78N2O14. The molecule has 0 amide bonds. The second-order valence-electron chi connectivity index (χ2n) is 19.3. The smallest absolute Gasteiger partial charge is 0.311 e. The summed E-state index contributed by atoms with van der Waals surface area (Å²) >= 11 is 0. The molecule has 4 aliphatic heterocycles. The molecular weight excluding hydrogens is 780 g/mol. The van der Waals surface area contributed by atoms with E-state index < -0.39 is 108 Å². The first kappa shape index (κ1) is 49.6. The molecule has 5 aliphatic rings. The standard InChI is InChI=1S/C44H78N2O14/c1-24-22-43(9,53-13)38(60-41-35(31(45(10)11)21-25(2)56-41)55-18-14-15-46-16-19-54-20-17-46)27(4)34(58-32-23-42(8,52-12)37(49)30(7)57-32)28(5)40(50)59-39-29(6)44(39,51)36(48)26(3)33(24)47/h24-32,34-39,41,48-49,51H,14-23H2,1-13H3/t24-,25-,26+,27+,28-,29?,30+,31+,32+,34+,35-,36-,37+,38-,39-,41+,42-,43+,44+/m1/s1. The molecule has 5 fully saturated rings. The summed E-state index contributed by atoms with van der Waals surface area (Å²) in [5, 5.41) is 34.2. The summed E-state index contributed by atoms with van der Waals surface area (Å²) in [6, 6.07) is -0.0666. The van der Waals surface area contributed by atoms with Gasteiger partial charge in [-0.25, -0.2) is 0 Å². The predicted molar refractivity (Wildman–Crippen MR) is 220 cm³/mol. The Hall–Kier alpha value is -1.38. The van der Waals surface area contributed by atoms with Gasteiger partial charge in [0.15, 0.2) is 12.6 Å². The summed E-state index contributed by atoms with van der Waals surface area (Å²) in [4.78, 5) is 33.0. The number of ketones is 1. The molecule has 1 unspecified atom stereocenters. The Morgan fingerprint density at radius 3 is 2.12 bits per heavy atom. The maximum Gasteiger partial charge on any atom is 0.311 e. The lowest BCUT2D eigenvalue weighted by atomic mass is 9.75. The molecule has 348 valence electrons. The SMILES string of the molecule is CO[C@]1(C)C[C@H](O[C@H]2[C@H](C)[C@@H](O[C@@H]3O[C@H](C)C[C@H](N(C)C)[C@H]3OCCCN3CCOCC3)[C@@](C)(OC)C[C@@H](C)C(=O)[C@H](C)[C@@H](O)[C@@]3(O)C(C)[C@H]3OC(=O)[C@@H]2C)O[C@@H](C)[C@@H]1O. The largest absolute Gasteiger partial charge is 0.458 e. The average Bonchev–Trinajstić information content (AvgIpc) is 3.75. The van der Waals surface area contributed by atoms with Crippen molar-refractivity contribution < 1.29 is 67.5 Å². The van der Waals surface area contributed by atoms with Crippen LogP contribution in [-0.2, 0) is 52.2 Å². The topological polar surface area (TPSA) is 184 Å². The van der Waals surface area contributed by atoms with Crippen LogP contribution in [0.5, 0.6) is 0 Å². The highest BCUT2D eigenvalue weighted by Crippen LogP contribution is 2.51. The molecule has 1 saturated carbocycles. The normalized spacial score (nSPS) is 47.7. The molecule has 60 heavy (non-hydrogen) atoms. The van der Waals surface area contributed by atoms with Crippen LogP contribution in [0.25, 0.3) is 0 Å². The fourth-order valence-electron chi connectivity index (χ4n) is 10.3. The zero-order chi connectivity index (χ0) is 44.5. The third-order valence-corrected chi connectivity index (χ3v) is 14.6. The van der Waals surface area contributed by atoms with E-state index in [9.17, 15) is 24.9 Å². The van der Waals surface area contributed by atoms with Crippen LogP contribution in [-0.4, -0.2) is 189 Å². The first-order chi connectivity index (χ1) is 28.1. The number of morpholine rings is 1. The Morgan fingerprint density at radius 2 is 1.50 bits per heavy atom. The van der Waals surface area contributed by atoms with Crippen LogP contribution in [0.15, 0.2) is 0 Å². The van der Waals surface area contributed by atoms with Gasteiger partial charge in [0.05, 0.1) is 60.9 Å². The molecule has 0 spiro atoms. The molecule has 0 aromatic rings. The number of aliphatic hydroxyl groups excluding tert-OH is 2. The number of esters is 1. The van der Waals surface area contributed by atoms with Crippen molar-refractivity contribution in [1.82, 2.24) is 9.80 Å². The number of hydrogen-bond donors (Lipinski definition) is 3. The number of carbonyl (C=O) groups excluding carboxylic acids is 2. The van der Waals surface area contributed by atoms with E-state index in [2.05, 4.69) is 9.80 Å². The van der Waals surface area contributed by atoms with Gasteiger partial charge in [0.2, 0.25) is 0 Å². The molecule has 16 nitrogen and oxygen atoms in total. The van der Waals surface area contributed by atoms with Crippen LogP contribution in [0.1, 0.15) is 88.0 Å². The second kappa shape index (κ2) is 20.2. The monoisotopic (exact) mass is 859 g/mol. The van der Waals surface area contributed by atoms with Gasteiger partial charge < -0.3 is 62.9 Å². The minimum absolute atomic E-state index is 0.0666. The zero-order valence-electron chi connectivity index (χ0n) is 38.5. The average molecular weight is 859 g/mol. The minimum atomic E-state index is -1.81. The molecule has 0 aromatic heterocycles. The van der Waals surface area contributed by atoms with E-state index in [0.29, 0.717) is 13.0 Å². The van der Waals surface area contributed by atoms with Crippen LogP contribution in [0.3, 0.4) is 0 Å². The van der Waals surface area contributed by atoms with E-state index in [1.54, 1.807) is 48.7 Å². The fourth-order valence-corrected chi connectivity index (χ4v) is 10.3. The molecule has 0 bridgehead atoms. The van der Waals surface area contributed by atoms with Crippen LogP contribution >= 0.6 is 0 Å². The molecule has 4 saturated heterocycles. The number of methoxy groups -OCH3 is 2. The van der Waals surface area contributed by atoms with Gasteiger partial charge in [0, 0.05) is 76.6 Å². The summed E-state index contributed by atoms with van der Waals surface area (Å²) in [5.74, 6) is -4.81. The lowest BCUT2D eigenvalue weighted by Gasteiger charge is -2.50. The molecule has 19 atom stereocenters. The van der Waals surface area contributed by atoms with Gasteiger partial charge in [0.25, 0.3) is 0 Å². The van der Waals surface area contributed by atoms with Crippen molar-refractivity contribution in [3.8, 4) is 0 Å². The zero-order valence-corrected chi connectivity index (χ0v) is 38.5. The Morgan fingerprint density at radius 1 is 0.850 bits per heavy atom. The minimum Gasteiger partial charge on any atom is -0.458 e. The number of aliphatic hydroxyl groups is 3. The lowest BCUT2D eigenvalue weighted by molar-refractivity contribution is -0.322. The van der Waals surface area contributed by atoms with Crippen molar-refractivity contribution in [3.05, 3.63) is 0 Å². The number of ether oxygens (including phenoxy) is 9. The number of rotatable bonds is 12. The van der Waals surface area contributed by atoms with Crippen molar-refractivity contribution in [1.29, 1.82) is 0 Å². The molecule has 1 aliphatic carbocycles. The molecule has 16 heteroatoms. The van der Waals surface area contributed by atoms with E-state index in [-0.39, 0.29) is 30.8 Å². The number of carbonyl (C=O) groups is 2. The van der Waals surface area contributed by atoms with E-state index in [4.69, 9.17) is 42.6 Å². The Kier molecular flexibility index (Phi) is 16.7. The second-order valence-corrected chi connectivity index (χ2v) is 19.3. The quantitative estimate of drug-likeness (QED) is 0.192. The van der Waals surface area contributed by atoms with Crippen molar-refractivity contribution in [2.75, 3.05) is 67.8 Å². The molecule has 4 heterocycles. The third-order valence-electron chi connectivity index (χ3n) is 14.6. The van der Waals surface area contributed by atoms with Gasteiger partial charge in [-0.2, -0.15) is 0 Å². The van der Waals surface area contributed by atoms with E-state index in [1.165, 1.54) is 7.11 Å². The summed E-state index contributed by atoms with van der Waals surface area (Å²) < 4.78 is 57.5. The molecule has 5 rings (SSSR count). The van der Waals surface area contributed by atoms with Crippen LogP contribution in [0, 0.1) is 29.6 Å². The number of fused-ring (bicyclic) bond motifs is 1. The maximum absolute atomic E-state index is 14.3. The van der Waals surface area contributed by atoms with Crippen molar-refractivity contribution in [2.45, 2.75) is 172 Å². The first-order valence-corrected chi connectivity index (χ1v) is 22.3. The summed E-state index contributed by atoms with van der Waals surface area (Å²) in [5.41, 5.74) is -4.03. The highest BCUT2D eigenvalue weighted by Gasteiger charge is 2.70. The number of Topliss-reactive ketones (excluding diaryl/α,β-unsaturated/α-hetero) is 1. The maximum atomic E-state index is 14.3. The predicted octanol–water partition coefficient (Wildman–Crippen LogP) is 2.41. The van der Waals surface area contributed by atoms with E-state index in [0.717, 1.165) is 39.3 Å². The molecule has 0 aromatic carbocycles. The van der Waals surface area contributed by atoms with Crippen LogP contribution < -0.4 is 0 Å². The van der Waals surface area contributed by atoms with Crippen LogP contribution in [0.2, 0.25) is 0 Å². The van der Waals surface area contributed by atoms with Crippen molar-refractivity contribution in [3.63, 3.8) is 0 Å². The van der Waals surface area contributed by atoms with Gasteiger partial charge in [-0.3, -0.25) is 14.5 Å². The summed E-state index contributed by atoms with van der Waals surface area (Å²) in [6.07, 6.45) is -6.70. The highest BCUT2D eigenvalue weighted by molar-refractivity contribution is 5.84. The van der Waals surface area contributed by atoms with E-state index in [1.807, 2.05) is 34.9 Å². The van der Waals surface area contributed by atoms with Crippen LogP contribution in [0.4, 0.5) is 0 Å².